The largest absolute Gasteiger partial charge is 0.623 e. The number of thiol groups is 1. The Hall–Kier alpha value is -2.02. The third-order valence-electron chi connectivity index (χ3n) is 2.89. The topological polar surface area (TPSA) is 92.5 Å². The standard InChI is InChI=1S/C15H20N2O4S/c1-15(2,3)17(21)8-10-4-6-11(7-5-10)13(18)16-12(9-22)14(19)20/h4-8,12,22H,9H2,1-3H3,(H,16,18)(H,19,20)/b17-8+/t12-/m1/s1. The maximum atomic E-state index is 11.9. The van der Waals surface area contributed by atoms with Crippen molar-refractivity contribution in [2.75, 3.05) is 5.75 Å². The molecule has 0 saturated heterocycles. The quantitative estimate of drug-likeness (QED) is 0.252. The minimum absolute atomic E-state index is 0.00363. The Morgan fingerprint density at radius 2 is 1.91 bits per heavy atom. The summed E-state index contributed by atoms with van der Waals surface area (Å²) in [6.45, 7) is 5.38. The van der Waals surface area contributed by atoms with Crippen LogP contribution >= 0.6 is 12.6 Å². The minimum Gasteiger partial charge on any atom is -0.623 e. The minimum atomic E-state index is -1.14. The number of benzene rings is 1. The molecule has 0 aliphatic heterocycles. The van der Waals surface area contributed by atoms with Gasteiger partial charge in [-0.2, -0.15) is 12.6 Å². The molecule has 0 aliphatic carbocycles. The summed E-state index contributed by atoms with van der Waals surface area (Å²) in [7, 11) is 0. The lowest BCUT2D eigenvalue weighted by Gasteiger charge is -2.18. The van der Waals surface area contributed by atoms with E-state index < -0.39 is 23.5 Å². The van der Waals surface area contributed by atoms with Gasteiger partial charge in [-0.3, -0.25) is 4.79 Å². The van der Waals surface area contributed by atoms with E-state index in [4.69, 9.17) is 5.11 Å². The number of carboxylic acid groups (broad SMARTS) is 1. The maximum Gasteiger partial charge on any atom is 0.327 e. The van der Waals surface area contributed by atoms with Crippen LogP contribution in [0.4, 0.5) is 0 Å². The van der Waals surface area contributed by atoms with Gasteiger partial charge in [0.1, 0.15) is 6.04 Å². The van der Waals surface area contributed by atoms with Crippen molar-refractivity contribution in [3.63, 3.8) is 0 Å². The van der Waals surface area contributed by atoms with Gasteiger partial charge >= 0.3 is 5.97 Å². The normalized spacial score (nSPS) is 13.5. The molecule has 1 atom stereocenters. The molecule has 1 rings (SSSR count). The number of hydroxylamine groups is 1. The first kappa shape index (κ1) is 18.0. The van der Waals surface area contributed by atoms with Gasteiger partial charge in [-0.1, -0.05) is 0 Å². The van der Waals surface area contributed by atoms with E-state index >= 15 is 0 Å². The third-order valence-corrected chi connectivity index (χ3v) is 3.25. The number of nitrogens with one attached hydrogen (secondary N) is 1. The molecule has 1 aromatic carbocycles. The number of aliphatic carboxylic acids is 1. The summed E-state index contributed by atoms with van der Waals surface area (Å²) in [5, 5.41) is 23.1. The molecule has 0 aliphatic rings. The number of carbonyl (C=O) groups is 2. The molecular weight excluding hydrogens is 304 g/mol. The molecule has 2 N–H and O–H groups in total. The Kier molecular flexibility index (Phi) is 5.99. The second-order valence-corrected chi connectivity index (χ2v) is 6.16. The van der Waals surface area contributed by atoms with Crippen molar-refractivity contribution in [1.29, 1.82) is 0 Å². The molecule has 0 bridgehead atoms. The van der Waals surface area contributed by atoms with E-state index in [2.05, 4.69) is 17.9 Å². The van der Waals surface area contributed by atoms with Crippen LogP contribution in [0.5, 0.6) is 0 Å². The highest BCUT2D eigenvalue weighted by Crippen LogP contribution is 2.08. The fourth-order valence-corrected chi connectivity index (χ4v) is 1.72. The van der Waals surface area contributed by atoms with Gasteiger partial charge in [0, 0.05) is 37.7 Å². The van der Waals surface area contributed by atoms with Gasteiger partial charge in [0.05, 0.1) is 0 Å². The van der Waals surface area contributed by atoms with Crippen molar-refractivity contribution in [2.24, 2.45) is 0 Å². The molecule has 0 heterocycles. The van der Waals surface area contributed by atoms with Crippen LogP contribution in [0.1, 0.15) is 36.7 Å². The monoisotopic (exact) mass is 324 g/mol. The molecule has 0 saturated carbocycles. The zero-order valence-electron chi connectivity index (χ0n) is 12.7. The molecule has 22 heavy (non-hydrogen) atoms. The Balaban J connectivity index is 2.85. The highest BCUT2D eigenvalue weighted by molar-refractivity contribution is 7.80. The lowest BCUT2D eigenvalue weighted by Crippen LogP contribution is -2.42. The number of nitrogens with zero attached hydrogens (tertiary/aromatic N) is 1. The first-order valence-corrected chi connectivity index (χ1v) is 7.34. The Morgan fingerprint density at radius 1 is 1.36 bits per heavy atom. The van der Waals surface area contributed by atoms with Crippen molar-refractivity contribution >= 4 is 30.7 Å². The molecule has 0 spiro atoms. The Bertz CT molecular complexity index is 576. The van der Waals surface area contributed by atoms with Crippen molar-refractivity contribution in [3.8, 4) is 0 Å². The highest BCUT2D eigenvalue weighted by atomic mass is 32.1. The molecule has 0 fully saturated rings. The summed E-state index contributed by atoms with van der Waals surface area (Å²) in [4.78, 5) is 22.8. The Morgan fingerprint density at radius 3 is 2.32 bits per heavy atom. The summed E-state index contributed by atoms with van der Waals surface area (Å²) in [6.07, 6.45) is 1.44. The van der Waals surface area contributed by atoms with Crippen LogP contribution < -0.4 is 5.32 Å². The van der Waals surface area contributed by atoms with Gasteiger partial charge in [-0.25, -0.2) is 9.53 Å². The molecular formula is C15H20N2O4S. The zero-order valence-corrected chi connectivity index (χ0v) is 13.6. The predicted octanol–water partition coefficient (Wildman–Crippen LogP) is 1.53. The highest BCUT2D eigenvalue weighted by Gasteiger charge is 2.20. The van der Waals surface area contributed by atoms with Crippen LogP contribution in [-0.2, 0) is 4.79 Å². The van der Waals surface area contributed by atoms with Crippen LogP contribution in [0.15, 0.2) is 24.3 Å². The van der Waals surface area contributed by atoms with E-state index in [1.165, 1.54) is 18.3 Å². The lowest BCUT2D eigenvalue weighted by molar-refractivity contribution is -0.530. The van der Waals surface area contributed by atoms with Crippen molar-refractivity contribution in [3.05, 3.63) is 40.6 Å². The van der Waals surface area contributed by atoms with Gasteiger partial charge in [-0.05, 0) is 24.3 Å². The van der Waals surface area contributed by atoms with E-state index in [9.17, 15) is 14.8 Å². The number of hydrogen-bond acceptors (Lipinski definition) is 4. The van der Waals surface area contributed by atoms with Crippen LogP contribution in [0, 0.1) is 5.21 Å². The first-order valence-electron chi connectivity index (χ1n) is 6.71. The fourth-order valence-electron chi connectivity index (χ4n) is 1.48. The van der Waals surface area contributed by atoms with Crippen LogP contribution in [0.3, 0.4) is 0 Å². The first-order chi connectivity index (χ1) is 10.1. The van der Waals surface area contributed by atoms with E-state index in [0.717, 1.165) is 4.74 Å². The average Bonchev–Trinajstić information content (AvgIpc) is 2.43. The second-order valence-electron chi connectivity index (χ2n) is 5.79. The van der Waals surface area contributed by atoms with Gasteiger partial charge in [0.15, 0.2) is 11.8 Å². The van der Waals surface area contributed by atoms with Crippen molar-refractivity contribution in [1.82, 2.24) is 5.32 Å². The molecule has 1 amide bonds. The molecule has 6 nitrogen and oxygen atoms in total. The summed E-state index contributed by atoms with van der Waals surface area (Å²) in [6, 6.07) is 5.29. The van der Waals surface area contributed by atoms with Gasteiger partial charge in [0.2, 0.25) is 0 Å². The molecule has 0 unspecified atom stereocenters. The van der Waals surface area contributed by atoms with Crippen LogP contribution in [0.2, 0.25) is 0 Å². The number of carbonyl (C=O) groups excluding carboxylic acids is 1. The third kappa shape index (κ3) is 5.07. The Labute approximate surface area is 134 Å². The van der Waals surface area contributed by atoms with Gasteiger partial charge < -0.3 is 15.6 Å². The fraction of sp³-hybridized carbons (Fsp3) is 0.400. The summed E-state index contributed by atoms with van der Waals surface area (Å²) >= 11 is 3.88. The van der Waals surface area contributed by atoms with E-state index in [-0.39, 0.29) is 5.75 Å². The smallest absolute Gasteiger partial charge is 0.327 e. The average molecular weight is 324 g/mol. The van der Waals surface area contributed by atoms with E-state index in [1.54, 1.807) is 32.9 Å². The second kappa shape index (κ2) is 7.31. The lowest BCUT2D eigenvalue weighted by atomic mass is 10.1. The molecule has 0 aromatic heterocycles. The van der Waals surface area contributed by atoms with Gasteiger partial charge in [0.25, 0.3) is 5.91 Å². The maximum absolute atomic E-state index is 11.9. The zero-order chi connectivity index (χ0) is 16.9. The molecule has 1 aromatic rings. The molecule has 0 radical (unpaired) electrons. The van der Waals surface area contributed by atoms with E-state index in [0.29, 0.717) is 11.1 Å². The van der Waals surface area contributed by atoms with Crippen molar-refractivity contribution < 1.29 is 19.4 Å². The van der Waals surface area contributed by atoms with Crippen molar-refractivity contribution in [2.45, 2.75) is 32.4 Å². The summed E-state index contributed by atoms with van der Waals surface area (Å²) in [5.74, 6) is -1.63. The SMILES string of the molecule is CC(C)(C)/[N+]([O-])=C\c1ccc(C(=O)N[C@H](CS)C(=O)O)cc1. The predicted molar refractivity (Wildman–Crippen MR) is 87.7 cm³/mol. The molecule has 7 heteroatoms. The number of carboxylic acids is 1. The van der Waals surface area contributed by atoms with Crippen LogP contribution in [-0.4, -0.2) is 45.3 Å². The number of rotatable bonds is 5. The number of hydrogen-bond donors (Lipinski definition) is 3. The van der Waals surface area contributed by atoms with E-state index in [1.807, 2.05) is 0 Å². The molecule has 120 valence electrons. The number of amides is 1. The summed E-state index contributed by atoms with van der Waals surface area (Å²) in [5.41, 5.74) is 0.431. The summed E-state index contributed by atoms with van der Waals surface area (Å²) < 4.78 is 0.837. The van der Waals surface area contributed by atoms with Gasteiger partial charge in [-0.15, -0.1) is 0 Å². The van der Waals surface area contributed by atoms with Crippen LogP contribution in [0.25, 0.3) is 0 Å².